The highest BCUT2D eigenvalue weighted by Gasteiger charge is 2.25. The maximum atomic E-state index is 12.8. The maximum Gasteiger partial charge on any atom is 0.409 e. The van der Waals surface area contributed by atoms with Crippen molar-refractivity contribution in [3.63, 3.8) is 0 Å². The van der Waals surface area contributed by atoms with Gasteiger partial charge in [0.1, 0.15) is 5.15 Å². The number of amides is 2. The fraction of sp³-hybridized carbons (Fsp3) is 0.389. The Morgan fingerprint density at radius 3 is 2.50 bits per heavy atom. The van der Waals surface area contributed by atoms with Crippen molar-refractivity contribution in [1.29, 1.82) is 0 Å². The number of hydrogen-bond donors (Lipinski definition) is 0. The van der Waals surface area contributed by atoms with Gasteiger partial charge in [0, 0.05) is 37.1 Å². The summed E-state index contributed by atoms with van der Waals surface area (Å²) < 4.78 is 5.13. The number of fused-ring (bicyclic) bond motifs is 1. The van der Waals surface area contributed by atoms with Crippen LogP contribution in [0.2, 0.25) is 10.2 Å². The number of aromatic nitrogens is 1. The first-order valence-corrected chi connectivity index (χ1v) is 9.22. The van der Waals surface area contributed by atoms with Gasteiger partial charge in [-0.15, -0.1) is 0 Å². The number of nitrogens with zero attached hydrogens (tertiary/aromatic N) is 3. The van der Waals surface area contributed by atoms with E-state index in [9.17, 15) is 9.59 Å². The van der Waals surface area contributed by atoms with E-state index in [0.717, 1.165) is 11.8 Å². The predicted octanol–water partition coefficient (Wildman–Crippen LogP) is 3.85. The summed E-state index contributed by atoms with van der Waals surface area (Å²) in [6.07, 6.45) is 0.465. The summed E-state index contributed by atoms with van der Waals surface area (Å²) in [4.78, 5) is 32.2. The van der Waals surface area contributed by atoms with Gasteiger partial charge in [0.25, 0.3) is 5.91 Å². The fourth-order valence-corrected chi connectivity index (χ4v) is 3.36. The molecule has 0 saturated carbocycles. The molecular formula is C18H19Cl2N3O3. The van der Waals surface area contributed by atoms with Gasteiger partial charge in [-0.1, -0.05) is 36.2 Å². The third-order valence-electron chi connectivity index (χ3n) is 4.23. The van der Waals surface area contributed by atoms with Crippen molar-refractivity contribution >= 4 is 46.1 Å². The Kier molecular flexibility index (Phi) is 5.84. The van der Waals surface area contributed by atoms with Crippen molar-refractivity contribution in [2.45, 2.75) is 13.3 Å². The molecule has 0 unspecified atom stereocenters. The van der Waals surface area contributed by atoms with Crippen LogP contribution >= 0.6 is 23.2 Å². The highest BCUT2D eigenvalue weighted by molar-refractivity contribution is 6.37. The number of ether oxygens (including phenoxy) is 1. The van der Waals surface area contributed by atoms with Crippen LogP contribution in [0.3, 0.4) is 0 Å². The molecule has 0 N–H and O–H groups in total. The van der Waals surface area contributed by atoms with Gasteiger partial charge in [-0.05, 0) is 24.6 Å². The number of rotatable bonds is 3. The van der Waals surface area contributed by atoms with E-state index in [1.54, 1.807) is 34.1 Å². The molecule has 1 aromatic heterocycles. The lowest BCUT2D eigenvalue weighted by Gasteiger charge is -2.34. The molecule has 1 aliphatic rings. The molecule has 1 fully saturated rings. The summed E-state index contributed by atoms with van der Waals surface area (Å²) in [5.41, 5.74) is 1.10. The molecule has 0 radical (unpaired) electrons. The first-order chi connectivity index (χ1) is 12.5. The molecule has 2 aromatic rings. The SMILES string of the molecule is CCCOC(=O)N1CCN(C(=O)c2ccc3c(Cl)cc(Cl)nc3c2)CC1. The van der Waals surface area contributed by atoms with E-state index >= 15 is 0 Å². The van der Waals surface area contributed by atoms with Gasteiger partial charge in [0.15, 0.2) is 0 Å². The van der Waals surface area contributed by atoms with Crippen LogP contribution in [-0.4, -0.2) is 59.6 Å². The summed E-state index contributed by atoms with van der Waals surface area (Å²) in [5, 5.41) is 1.53. The molecule has 1 aromatic carbocycles. The summed E-state index contributed by atoms with van der Waals surface area (Å²) in [6, 6.07) is 6.77. The minimum Gasteiger partial charge on any atom is -0.449 e. The second-order valence-corrected chi connectivity index (χ2v) is 6.85. The maximum absolute atomic E-state index is 12.8. The van der Waals surface area contributed by atoms with E-state index in [0.29, 0.717) is 48.9 Å². The molecule has 3 rings (SSSR count). The topological polar surface area (TPSA) is 62.7 Å². The second-order valence-electron chi connectivity index (χ2n) is 6.05. The number of benzene rings is 1. The summed E-state index contributed by atoms with van der Waals surface area (Å²) in [5.74, 6) is -0.105. The average Bonchev–Trinajstić information content (AvgIpc) is 2.65. The van der Waals surface area contributed by atoms with Gasteiger partial charge in [-0.2, -0.15) is 0 Å². The zero-order valence-electron chi connectivity index (χ0n) is 14.4. The number of hydrogen-bond acceptors (Lipinski definition) is 4. The minimum absolute atomic E-state index is 0.105. The molecule has 6 nitrogen and oxygen atoms in total. The smallest absolute Gasteiger partial charge is 0.409 e. The number of piperazine rings is 1. The molecule has 0 bridgehead atoms. The van der Waals surface area contributed by atoms with E-state index in [-0.39, 0.29) is 17.2 Å². The Bertz CT molecular complexity index is 836. The summed E-state index contributed by atoms with van der Waals surface area (Å²) in [7, 11) is 0. The molecule has 1 saturated heterocycles. The third-order valence-corrected chi connectivity index (χ3v) is 4.74. The number of carbonyl (C=O) groups is 2. The van der Waals surface area contributed by atoms with Crippen LogP contribution in [0.4, 0.5) is 4.79 Å². The van der Waals surface area contributed by atoms with Crippen molar-refractivity contribution in [1.82, 2.24) is 14.8 Å². The highest BCUT2D eigenvalue weighted by atomic mass is 35.5. The lowest BCUT2D eigenvalue weighted by Crippen LogP contribution is -2.50. The normalized spacial score (nSPS) is 14.6. The summed E-state index contributed by atoms with van der Waals surface area (Å²) >= 11 is 12.1. The van der Waals surface area contributed by atoms with Gasteiger partial charge in [-0.3, -0.25) is 4.79 Å². The highest BCUT2D eigenvalue weighted by Crippen LogP contribution is 2.26. The molecule has 2 amide bonds. The molecule has 2 heterocycles. The van der Waals surface area contributed by atoms with Crippen molar-refractivity contribution in [3.05, 3.63) is 40.0 Å². The molecule has 8 heteroatoms. The minimum atomic E-state index is -0.321. The van der Waals surface area contributed by atoms with Gasteiger partial charge < -0.3 is 14.5 Å². The van der Waals surface area contributed by atoms with Crippen LogP contribution in [0.15, 0.2) is 24.3 Å². The third kappa shape index (κ3) is 4.02. The molecular weight excluding hydrogens is 377 g/mol. The summed E-state index contributed by atoms with van der Waals surface area (Å²) in [6.45, 7) is 4.19. The first kappa shape index (κ1) is 18.7. The van der Waals surface area contributed by atoms with Crippen LogP contribution in [0.5, 0.6) is 0 Å². The Morgan fingerprint density at radius 2 is 1.81 bits per heavy atom. The average molecular weight is 396 g/mol. The zero-order valence-corrected chi connectivity index (χ0v) is 15.9. The number of halogens is 2. The monoisotopic (exact) mass is 395 g/mol. The van der Waals surface area contributed by atoms with Crippen LogP contribution in [0, 0.1) is 0 Å². The quantitative estimate of drug-likeness (QED) is 0.740. The second kappa shape index (κ2) is 8.10. The molecule has 138 valence electrons. The number of carbonyl (C=O) groups excluding carboxylic acids is 2. The lowest BCUT2D eigenvalue weighted by molar-refractivity contribution is 0.0560. The van der Waals surface area contributed by atoms with Gasteiger partial charge in [0.05, 0.1) is 17.1 Å². The Hall–Kier alpha value is -2.05. The van der Waals surface area contributed by atoms with Gasteiger partial charge in [0.2, 0.25) is 0 Å². The van der Waals surface area contributed by atoms with E-state index < -0.39 is 0 Å². The van der Waals surface area contributed by atoms with E-state index in [1.165, 1.54) is 0 Å². The van der Waals surface area contributed by atoms with Crippen LogP contribution in [-0.2, 0) is 4.74 Å². The van der Waals surface area contributed by atoms with E-state index in [2.05, 4.69) is 4.98 Å². The molecule has 0 atom stereocenters. The van der Waals surface area contributed by atoms with Crippen molar-refractivity contribution in [2.24, 2.45) is 0 Å². The van der Waals surface area contributed by atoms with Crippen molar-refractivity contribution < 1.29 is 14.3 Å². The van der Waals surface area contributed by atoms with Gasteiger partial charge in [-0.25, -0.2) is 9.78 Å². The molecule has 26 heavy (non-hydrogen) atoms. The van der Waals surface area contributed by atoms with Gasteiger partial charge >= 0.3 is 6.09 Å². The largest absolute Gasteiger partial charge is 0.449 e. The van der Waals surface area contributed by atoms with E-state index in [1.807, 2.05) is 6.92 Å². The van der Waals surface area contributed by atoms with Crippen LogP contribution in [0.25, 0.3) is 10.9 Å². The standard InChI is InChI=1S/C18H19Cl2N3O3/c1-2-9-26-18(25)23-7-5-22(6-8-23)17(24)12-3-4-13-14(19)11-16(20)21-15(13)10-12/h3-4,10-11H,2,5-9H2,1H3. The van der Waals surface area contributed by atoms with Crippen molar-refractivity contribution in [2.75, 3.05) is 32.8 Å². The zero-order chi connectivity index (χ0) is 18.7. The van der Waals surface area contributed by atoms with E-state index in [4.69, 9.17) is 27.9 Å². The first-order valence-electron chi connectivity index (χ1n) is 8.46. The van der Waals surface area contributed by atoms with Crippen molar-refractivity contribution in [3.8, 4) is 0 Å². The Balaban J connectivity index is 1.69. The predicted molar refractivity (Wildman–Crippen MR) is 101 cm³/mol. The van der Waals surface area contributed by atoms with Crippen LogP contribution < -0.4 is 0 Å². The molecule has 0 aliphatic carbocycles. The lowest BCUT2D eigenvalue weighted by atomic mass is 10.1. The molecule has 0 spiro atoms. The number of pyridine rings is 1. The Labute approximate surface area is 161 Å². The fourth-order valence-electron chi connectivity index (χ4n) is 2.84. The molecule has 1 aliphatic heterocycles. The van der Waals surface area contributed by atoms with Crippen LogP contribution in [0.1, 0.15) is 23.7 Å². The Morgan fingerprint density at radius 1 is 1.12 bits per heavy atom.